The quantitative estimate of drug-likeness (QED) is 0.792. The van der Waals surface area contributed by atoms with Crippen molar-refractivity contribution in [1.82, 2.24) is 5.32 Å². The zero-order chi connectivity index (χ0) is 14.4. The molecular weight excluding hydrogens is 288 g/mol. The van der Waals surface area contributed by atoms with Gasteiger partial charge in [0.15, 0.2) is 0 Å². The molecule has 1 aliphatic carbocycles. The zero-order valence-electron chi connectivity index (χ0n) is 12.5. The molecule has 2 atom stereocenters. The fourth-order valence-electron chi connectivity index (χ4n) is 2.85. The Morgan fingerprint density at radius 3 is 2.86 bits per heavy atom. The molecule has 0 aromatic heterocycles. The highest BCUT2D eigenvalue weighted by atomic mass is 35.5. The summed E-state index contributed by atoms with van der Waals surface area (Å²) in [4.78, 5) is 12.1. The third-order valence-corrected chi connectivity index (χ3v) is 4.05. The van der Waals surface area contributed by atoms with Gasteiger partial charge >= 0.3 is 0 Å². The van der Waals surface area contributed by atoms with Gasteiger partial charge < -0.3 is 15.8 Å². The molecule has 5 heteroatoms. The van der Waals surface area contributed by atoms with Gasteiger partial charge in [-0.15, -0.1) is 12.4 Å². The number of hydrogen-bond acceptors (Lipinski definition) is 3. The van der Waals surface area contributed by atoms with Crippen molar-refractivity contribution in [3.8, 4) is 5.75 Å². The Morgan fingerprint density at radius 1 is 1.38 bits per heavy atom. The molecule has 21 heavy (non-hydrogen) atoms. The van der Waals surface area contributed by atoms with Crippen LogP contribution in [0.4, 0.5) is 0 Å². The summed E-state index contributed by atoms with van der Waals surface area (Å²) < 4.78 is 5.66. The van der Waals surface area contributed by atoms with Crippen LogP contribution in [0.2, 0.25) is 0 Å². The van der Waals surface area contributed by atoms with Crippen molar-refractivity contribution in [3.05, 3.63) is 29.8 Å². The van der Waals surface area contributed by atoms with Crippen molar-refractivity contribution in [2.24, 2.45) is 17.6 Å². The normalized spacial score (nSPS) is 20.7. The maximum atomic E-state index is 12.1. The van der Waals surface area contributed by atoms with E-state index in [-0.39, 0.29) is 24.2 Å². The van der Waals surface area contributed by atoms with Gasteiger partial charge in [-0.2, -0.15) is 0 Å². The summed E-state index contributed by atoms with van der Waals surface area (Å²) in [6, 6.07) is 7.89. The van der Waals surface area contributed by atoms with E-state index in [1.165, 1.54) is 0 Å². The van der Waals surface area contributed by atoms with E-state index in [9.17, 15) is 4.79 Å². The lowest BCUT2D eigenvalue weighted by molar-refractivity contribution is -0.126. The lowest BCUT2D eigenvalue weighted by atomic mass is 9.95. The summed E-state index contributed by atoms with van der Waals surface area (Å²) >= 11 is 0. The molecule has 0 spiro atoms. The molecule has 1 aliphatic rings. The molecule has 1 aromatic rings. The number of hydrogen-bond donors (Lipinski definition) is 2. The molecule has 1 aromatic carbocycles. The summed E-state index contributed by atoms with van der Waals surface area (Å²) in [6.45, 7) is 3.66. The summed E-state index contributed by atoms with van der Waals surface area (Å²) in [5.41, 5.74) is 6.81. The van der Waals surface area contributed by atoms with Crippen molar-refractivity contribution < 1.29 is 9.53 Å². The third kappa shape index (κ3) is 4.90. The van der Waals surface area contributed by atoms with E-state index >= 15 is 0 Å². The third-order valence-electron chi connectivity index (χ3n) is 4.05. The molecule has 118 valence electrons. The number of nitrogens with two attached hydrogens (primary N) is 1. The van der Waals surface area contributed by atoms with Gasteiger partial charge in [-0.3, -0.25) is 4.79 Å². The fourth-order valence-corrected chi connectivity index (χ4v) is 2.85. The number of para-hydroxylation sites is 1. The molecule has 3 N–H and O–H groups in total. The van der Waals surface area contributed by atoms with Crippen LogP contribution < -0.4 is 15.8 Å². The summed E-state index contributed by atoms with van der Waals surface area (Å²) in [5.74, 6) is 1.46. The van der Waals surface area contributed by atoms with E-state index < -0.39 is 0 Å². The first kappa shape index (κ1) is 17.8. The van der Waals surface area contributed by atoms with Gasteiger partial charge in [0.2, 0.25) is 5.91 Å². The van der Waals surface area contributed by atoms with Crippen LogP contribution in [0.15, 0.2) is 24.3 Å². The first-order valence-corrected chi connectivity index (χ1v) is 7.38. The van der Waals surface area contributed by atoms with Gasteiger partial charge in [0, 0.05) is 5.92 Å². The Bertz CT molecular complexity index is 454. The number of carbonyl (C=O) groups is 1. The maximum absolute atomic E-state index is 12.1. The molecule has 0 saturated heterocycles. The number of ether oxygens (including phenoxy) is 1. The Labute approximate surface area is 132 Å². The number of carbonyl (C=O) groups excluding carboxylic acids is 1. The van der Waals surface area contributed by atoms with Crippen molar-refractivity contribution in [1.29, 1.82) is 0 Å². The number of halogens is 1. The van der Waals surface area contributed by atoms with E-state index in [0.29, 0.717) is 25.6 Å². The minimum Gasteiger partial charge on any atom is -0.491 e. The largest absolute Gasteiger partial charge is 0.491 e. The van der Waals surface area contributed by atoms with Crippen molar-refractivity contribution in [3.63, 3.8) is 0 Å². The molecule has 2 rings (SSSR count). The van der Waals surface area contributed by atoms with E-state index in [4.69, 9.17) is 10.5 Å². The molecule has 1 fully saturated rings. The van der Waals surface area contributed by atoms with Gasteiger partial charge in [-0.1, -0.05) is 24.6 Å². The summed E-state index contributed by atoms with van der Waals surface area (Å²) in [6.07, 6.45) is 3.15. The van der Waals surface area contributed by atoms with Gasteiger partial charge in [0.1, 0.15) is 12.4 Å². The van der Waals surface area contributed by atoms with E-state index in [0.717, 1.165) is 30.6 Å². The predicted octanol–water partition coefficient (Wildman–Crippen LogP) is 2.29. The van der Waals surface area contributed by atoms with Crippen LogP contribution >= 0.6 is 12.4 Å². The van der Waals surface area contributed by atoms with Crippen LogP contribution in [0.5, 0.6) is 5.75 Å². The Hall–Kier alpha value is -1.26. The second-order valence-electron chi connectivity index (χ2n) is 5.44. The number of nitrogens with one attached hydrogen (secondary N) is 1. The van der Waals surface area contributed by atoms with Crippen molar-refractivity contribution in [2.75, 3.05) is 19.7 Å². The molecule has 0 aliphatic heterocycles. The standard InChI is InChI=1S/C16H24N2O2.ClH/c1-12-5-2-3-8-15(12)20-10-9-18-16(19)14-7-4-6-13(14)11-17;/h2-3,5,8,13-14H,4,6-7,9-11,17H2,1H3,(H,18,19);1H/t13-,14-;/m1./s1. The second kappa shape index (κ2) is 8.90. The van der Waals surface area contributed by atoms with Crippen molar-refractivity contribution in [2.45, 2.75) is 26.2 Å². The Morgan fingerprint density at radius 2 is 2.14 bits per heavy atom. The van der Waals surface area contributed by atoms with Crippen LogP contribution in [-0.4, -0.2) is 25.6 Å². The van der Waals surface area contributed by atoms with Gasteiger partial charge in [-0.25, -0.2) is 0 Å². The summed E-state index contributed by atoms with van der Waals surface area (Å²) in [5, 5.41) is 2.96. The zero-order valence-corrected chi connectivity index (χ0v) is 13.3. The first-order valence-electron chi connectivity index (χ1n) is 7.38. The lowest BCUT2D eigenvalue weighted by Gasteiger charge is -2.17. The van der Waals surface area contributed by atoms with Gasteiger partial charge in [0.05, 0.1) is 6.54 Å². The highest BCUT2D eigenvalue weighted by Crippen LogP contribution is 2.30. The fraction of sp³-hybridized carbons (Fsp3) is 0.562. The monoisotopic (exact) mass is 312 g/mol. The molecule has 1 saturated carbocycles. The van der Waals surface area contributed by atoms with Crippen LogP contribution in [0.3, 0.4) is 0 Å². The average molecular weight is 313 g/mol. The molecular formula is C16H25ClN2O2. The predicted molar refractivity (Wildman–Crippen MR) is 86.8 cm³/mol. The second-order valence-corrected chi connectivity index (χ2v) is 5.44. The average Bonchev–Trinajstić information content (AvgIpc) is 2.93. The highest BCUT2D eigenvalue weighted by molar-refractivity contribution is 5.85. The van der Waals surface area contributed by atoms with E-state index in [1.807, 2.05) is 31.2 Å². The van der Waals surface area contributed by atoms with Crippen LogP contribution in [0.1, 0.15) is 24.8 Å². The number of amides is 1. The Kier molecular flexibility index (Phi) is 7.54. The SMILES string of the molecule is Cc1ccccc1OCCNC(=O)[C@@H]1CCC[C@@H]1CN.Cl. The summed E-state index contributed by atoms with van der Waals surface area (Å²) in [7, 11) is 0. The topological polar surface area (TPSA) is 64.3 Å². The van der Waals surface area contributed by atoms with Crippen molar-refractivity contribution >= 4 is 18.3 Å². The maximum Gasteiger partial charge on any atom is 0.223 e. The molecule has 0 heterocycles. The van der Waals surface area contributed by atoms with Crippen LogP contribution in [0, 0.1) is 18.8 Å². The first-order chi connectivity index (χ1) is 9.72. The molecule has 1 amide bonds. The number of benzene rings is 1. The van der Waals surface area contributed by atoms with E-state index in [1.54, 1.807) is 0 Å². The Balaban J connectivity index is 0.00000220. The molecule has 0 unspecified atom stereocenters. The number of aryl methyl sites for hydroxylation is 1. The smallest absolute Gasteiger partial charge is 0.223 e. The minimum atomic E-state index is 0. The molecule has 0 radical (unpaired) electrons. The number of rotatable bonds is 6. The van der Waals surface area contributed by atoms with Crippen LogP contribution in [-0.2, 0) is 4.79 Å². The van der Waals surface area contributed by atoms with E-state index in [2.05, 4.69) is 5.32 Å². The van der Waals surface area contributed by atoms with Gasteiger partial charge in [0.25, 0.3) is 0 Å². The van der Waals surface area contributed by atoms with Gasteiger partial charge in [-0.05, 0) is 43.9 Å². The molecule has 0 bridgehead atoms. The minimum absolute atomic E-state index is 0. The van der Waals surface area contributed by atoms with Crippen LogP contribution in [0.25, 0.3) is 0 Å². The molecule has 4 nitrogen and oxygen atoms in total. The lowest BCUT2D eigenvalue weighted by Crippen LogP contribution is -2.37. The highest BCUT2D eigenvalue weighted by Gasteiger charge is 2.31.